The molecule has 6 heteroatoms. The highest BCUT2D eigenvalue weighted by atomic mass is 16.2. The largest absolute Gasteiger partial charge is 0.311 e. The van der Waals surface area contributed by atoms with E-state index in [9.17, 15) is 9.59 Å². The summed E-state index contributed by atoms with van der Waals surface area (Å²) >= 11 is 0. The summed E-state index contributed by atoms with van der Waals surface area (Å²) in [6.07, 6.45) is 4.31. The van der Waals surface area contributed by atoms with E-state index in [0.717, 1.165) is 23.1 Å². The van der Waals surface area contributed by atoms with Crippen LogP contribution in [0.15, 0.2) is 77.9 Å². The van der Waals surface area contributed by atoms with Crippen molar-refractivity contribution >= 4 is 22.4 Å². The summed E-state index contributed by atoms with van der Waals surface area (Å²) in [4.78, 5) is 32.0. The van der Waals surface area contributed by atoms with E-state index in [-0.39, 0.29) is 18.0 Å². The molecule has 0 spiro atoms. The molecule has 0 saturated carbocycles. The Morgan fingerprint density at radius 3 is 2.26 bits per heavy atom. The fourth-order valence-corrected chi connectivity index (χ4v) is 3.69. The van der Waals surface area contributed by atoms with Gasteiger partial charge in [-0.2, -0.15) is 5.10 Å². The lowest BCUT2D eigenvalue weighted by molar-refractivity contribution is -0.119. The number of nitrogens with zero attached hydrogens (tertiary/aromatic N) is 4. The normalized spacial score (nSPS) is 10.9. The number of benzene rings is 2. The molecule has 2 heterocycles. The van der Waals surface area contributed by atoms with Crippen LogP contribution >= 0.6 is 0 Å². The molecule has 0 radical (unpaired) electrons. The third-order valence-corrected chi connectivity index (χ3v) is 5.38. The van der Waals surface area contributed by atoms with Crippen molar-refractivity contribution in [3.8, 4) is 11.3 Å². The van der Waals surface area contributed by atoms with Crippen molar-refractivity contribution in [2.45, 2.75) is 26.8 Å². The minimum atomic E-state index is -0.279. The SMILES string of the molecule is CCc1ccc(N(CC)C(=O)Cn2nc(-c3ccncc3)c3ccccc3c2=O)cc1. The molecule has 0 aliphatic carbocycles. The number of amides is 1. The lowest BCUT2D eigenvalue weighted by atomic mass is 10.1. The van der Waals surface area contributed by atoms with E-state index in [0.29, 0.717) is 17.6 Å². The molecule has 0 aliphatic heterocycles. The number of fused-ring (bicyclic) bond motifs is 1. The topological polar surface area (TPSA) is 68.1 Å². The molecule has 0 N–H and O–H groups in total. The van der Waals surface area contributed by atoms with Gasteiger partial charge in [-0.25, -0.2) is 4.68 Å². The van der Waals surface area contributed by atoms with Crippen LogP contribution in [0, 0.1) is 0 Å². The number of carbonyl (C=O) groups is 1. The van der Waals surface area contributed by atoms with Crippen molar-refractivity contribution < 1.29 is 4.79 Å². The Morgan fingerprint density at radius 2 is 1.61 bits per heavy atom. The van der Waals surface area contributed by atoms with E-state index in [4.69, 9.17) is 0 Å². The van der Waals surface area contributed by atoms with Gasteiger partial charge in [0.25, 0.3) is 5.56 Å². The highest BCUT2D eigenvalue weighted by Crippen LogP contribution is 2.24. The van der Waals surface area contributed by atoms with Crippen LogP contribution in [0.3, 0.4) is 0 Å². The standard InChI is InChI=1S/C25H24N4O2/c1-3-18-9-11-20(12-10-18)28(4-2)23(30)17-29-25(31)22-8-6-5-7-21(22)24(27-29)19-13-15-26-16-14-19/h5-16H,3-4,17H2,1-2H3. The van der Waals surface area contributed by atoms with Gasteiger partial charge >= 0.3 is 0 Å². The van der Waals surface area contributed by atoms with Gasteiger partial charge in [0.2, 0.25) is 5.91 Å². The number of likely N-dealkylation sites (N-methyl/N-ethyl adjacent to an activating group) is 1. The maximum atomic E-state index is 13.2. The van der Waals surface area contributed by atoms with Gasteiger partial charge in [0, 0.05) is 35.6 Å². The van der Waals surface area contributed by atoms with Gasteiger partial charge < -0.3 is 4.90 Å². The van der Waals surface area contributed by atoms with Crippen molar-refractivity contribution in [2.24, 2.45) is 0 Å². The lowest BCUT2D eigenvalue weighted by Gasteiger charge is -2.22. The van der Waals surface area contributed by atoms with Gasteiger partial charge in [-0.1, -0.05) is 37.3 Å². The monoisotopic (exact) mass is 412 g/mol. The van der Waals surface area contributed by atoms with Gasteiger partial charge in [0.15, 0.2) is 0 Å². The van der Waals surface area contributed by atoms with E-state index in [1.807, 2.05) is 61.5 Å². The number of aromatic nitrogens is 3. The molecule has 2 aromatic heterocycles. The maximum absolute atomic E-state index is 13.2. The third-order valence-electron chi connectivity index (χ3n) is 5.38. The van der Waals surface area contributed by atoms with Crippen LogP contribution in [-0.4, -0.2) is 27.2 Å². The summed E-state index contributed by atoms with van der Waals surface area (Å²) in [6.45, 7) is 4.38. The first-order valence-electron chi connectivity index (χ1n) is 10.4. The second-order valence-electron chi connectivity index (χ2n) is 7.25. The van der Waals surface area contributed by atoms with Crippen LogP contribution in [0.4, 0.5) is 5.69 Å². The molecule has 0 bridgehead atoms. The van der Waals surface area contributed by atoms with Gasteiger partial charge in [-0.3, -0.25) is 14.6 Å². The molecule has 31 heavy (non-hydrogen) atoms. The van der Waals surface area contributed by atoms with Crippen molar-refractivity contribution in [1.29, 1.82) is 0 Å². The van der Waals surface area contributed by atoms with Gasteiger partial charge in [-0.15, -0.1) is 0 Å². The fraction of sp³-hybridized carbons (Fsp3) is 0.200. The predicted octanol–water partition coefficient (Wildman–Crippen LogP) is 4.07. The zero-order valence-electron chi connectivity index (χ0n) is 17.7. The molecular formula is C25H24N4O2. The summed E-state index contributed by atoms with van der Waals surface area (Å²) in [7, 11) is 0. The summed E-state index contributed by atoms with van der Waals surface area (Å²) < 4.78 is 1.27. The first-order chi connectivity index (χ1) is 15.1. The Balaban J connectivity index is 1.74. The number of hydrogen-bond donors (Lipinski definition) is 0. The summed E-state index contributed by atoms with van der Waals surface area (Å²) in [6, 6.07) is 19.0. The molecule has 0 unspecified atom stereocenters. The van der Waals surface area contributed by atoms with E-state index in [1.54, 1.807) is 23.4 Å². The van der Waals surface area contributed by atoms with Gasteiger partial charge in [0.1, 0.15) is 6.54 Å². The molecule has 1 amide bonds. The molecule has 156 valence electrons. The van der Waals surface area contributed by atoms with Crippen LogP contribution in [0.1, 0.15) is 19.4 Å². The average Bonchev–Trinajstić information content (AvgIpc) is 2.82. The second kappa shape index (κ2) is 8.92. The van der Waals surface area contributed by atoms with Crippen LogP contribution in [-0.2, 0) is 17.8 Å². The van der Waals surface area contributed by atoms with E-state index in [2.05, 4.69) is 17.0 Å². The smallest absolute Gasteiger partial charge is 0.275 e. The van der Waals surface area contributed by atoms with E-state index >= 15 is 0 Å². The Labute approximate surface area is 180 Å². The van der Waals surface area contributed by atoms with Gasteiger partial charge in [-0.05, 0) is 49.2 Å². The molecule has 0 aliphatic rings. The van der Waals surface area contributed by atoms with Crippen LogP contribution in [0.25, 0.3) is 22.0 Å². The number of rotatable bonds is 6. The molecule has 0 saturated heterocycles. The van der Waals surface area contributed by atoms with Crippen LogP contribution < -0.4 is 10.5 Å². The van der Waals surface area contributed by atoms with Crippen molar-refractivity contribution in [3.05, 3.63) is 89.0 Å². The average molecular weight is 412 g/mol. The lowest BCUT2D eigenvalue weighted by Crippen LogP contribution is -2.37. The first-order valence-corrected chi connectivity index (χ1v) is 10.4. The summed E-state index contributed by atoms with van der Waals surface area (Å²) in [5.74, 6) is -0.183. The van der Waals surface area contributed by atoms with Crippen LogP contribution in [0.2, 0.25) is 0 Å². The highest BCUT2D eigenvalue weighted by Gasteiger charge is 2.18. The van der Waals surface area contributed by atoms with Crippen LogP contribution in [0.5, 0.6) is 0 Å². The van der Waals surface area contributed by atoms with E-state index in [1.165, 1.54) is 10.2 Å². The Hall–Kier alpha value is -3.80. The molecule has 6 nitrogen and oxygen atoms in total. The molecular weight excluding hydrogens is 388 g/mol. The highest BCUT2D eigenvalue weighted by molar-refractivity contribution is 5.95. The molecule has 0 fully saturated rings. The summed E-state index contributed by atoms with van der Waals surface area (Å²) in [5.41, 5.74) is 3.24. The number of aryl methyl sites for hydroxylation is 1. The number of hydrogen-bond acceptors (Lipinski definition) is 4. The zero-order chi connectivity index (χ0) is 21.8. The second-order valence-corrected chi connectivity index (χ2v) is 7.25. The Bertz CT molecular complexity index is 1260. The molecule has 0 atom stereocenters. The van der Waals surface area contributed by atoms with Crippen molar-refractivity contribution in [2.75, 3.05) is 11.4 Å². The molecule has 4 aromatic rings. The predicted molar refractivity (Wildman–Crippen MR) is 123 cm³/mol. The minimum Gasteiger partial charge on any atom is -0.311 e. The first kappa shape index (κ1) is 20.5. The minimum absolute atomic E-state index is 0.134. The van der Waals surface area contributed by atoms with Crippen molar-refractivity contribution in [1.82, 2.24) is 14.8 Å². The molecule has 4 rings (SSSR count). The summed E-state index contributed by atoms with van der Waals surface area (Å²) in [5, 5.41) is 5.87. The Kier molecular flexibility index (Phi) is 5.89. The Morgan fingerprint density at radius 1 is 0.935 bits per heavy atom. The van der Waals surface area contributed by atoms with Crippen molar-refractivity contribution in [3.63, 3.8) is 0 Å². The fourth-order valence-electron chi connectivity index (χ4n) is 3.69. The number of carbonyl (C=O) groups excluding carboxylic acids is 1. The quantitative estimate of drug-likeness (QED) is 0.479. The zero-order valence-corrected chi connectivity index (χ0v) is 17.7. The molecule has 2 aromatic carbocycles. The van der Waals surface area contributed by atoms with Gasteiger partial charge in [0.05, 0.1) is 11.1 Å². The number of pyridine rings is 1. The maximum Gasteiger partial charge on any atom is 0.275 e. The van der Waals surface area contributed by atoms with E-state index < -0.39 is 0 Å². The third kappa shape index (κ3) is 4.10. The number of anilines is 1.